The van der Waals surface area contributed by atoms with E-state index in [4.69, 9.17) is 16.3 Å². The molecule has 0 spiro atoms. The number of hydrogen-bond donors (Lipinski definition) is 2. The zero-order chi connectivity index (χ0) is 22.4. The minimum atomic E-state index is -0.515. The molecule has 1 amide bonds. The van der Waals surface area contributed by atoms with E-state index in [-0.39, 0.29) is 5.91 Å². The number of fused-ring (bicyclic) bond motifs is 2. The van der Waals surface area contributed by atoms with Gasteiger partial charge in [0.05, 0.1) is 0 Å². The summed E-state index contributed by atoms with van der Waals surface area (Å²) in [5.74, 6) is 0.783. The fraction of sp³-hybridized carbons (Fsp3) is 0.231. The van der Waals surface area contributed by atoms with Gasteiger partial charge in [-0.05, 0) is 35.4 Å². The van der Waals surface area contributed by atoms with Gasteiger partial charge in [0.1, 0.15) is 11.4 Å². The Bertz CT molecular complexity index is 1350. The quantitative estimate of drug-likeness (QED) is 0.480. The number of aromatic nitrogens is 2. The number of piperazine rings is 1. The maximum Gasteiger partial charge on any atom is 0.264 e. The molecule has 0 saturated carbocycles. The zero-order valence-corrected chi connectivity index (χ0v) is 18.7. The molecule has 4 heterocycles. The maximum atomic E-state index is 13.1. The van der Waals surface area contributed by atoms with Crippen LogP contribution in [0.4, 0.5) is 0 Å². The molecule has 0 unspecified atom stereocenters. The number of amides is 1. The Morgan fingerprint density at radius 1 is 1.06 bits per heavy atom. The minimum Gasteiger partial charge on any atom is -0.479 e. The van der Waals surface area contributed by atoms with Crippen molar-refractivity contribution in [3.8, 4) is 28.1 Å². The van der Waals surface area contributed by atoms with E-state index < -0.39 is 6.10 Å². The van der Waals surface area contributed by atoms with E-state index in [0.717, 1.165) is 57.8 Å². The first-order valence-corrected chi connectivity index (χ1v) is 11.6. The number of H-pyrrole nitrogens is 1. The van der Waals surface area contributed by atoms with E-state index in [1.165, 1.54) is 0 Å². The summed E-state index contributed by atoms with van der Waals surface area (Å²) in [7, 11) is 0. The molecule has 2 N–H and O–H groups in total. The Morgan fingerprint density at radius 2 is 1.88 bits per heavy atom. The number of carbonyl (C=O) groups excluding carboxylic acids is 1. The predicted octanol–water partition coefficient (Wildman–Crippen LogP) is 4.29. The molecule has 2 aromatic carbocycles. The van der Waals surface area contributed by atoms with Gasteiger partial charge in [-0.25, -0.2) is 4.98 Å². The monoisotopic (exact) mass is 458 g/mol. The molecule has 6 rings (SSSR count). The Labute approximate surface area is 196 Å². The van der Waals surface area contributed by atoms with Crippen molar-refractivity contribution in [2.75, 3.05) is 26.2 Å². The first-order valence-electron chi connectivity index (χ1n) is 11.2. The van der Waals surface area contributed by atoms with Gasteiger partial charge in [0.2, 0.25) is 0 Å². The standard InChI is InChI=1S/C26H23ClN4O2/c27-18-12-17-13-23(26(32)31-10-8-28-9-11-31)33-24(17)20(14-18)19-6-7-29-25-21(19)15-22(30-25)16-4-2-1-3-5-16/h1-7,12,14-15,23,28H,8-11,13H2,(H,29,30)/t23-/m1/s1. The fourth-order valence-electron chi connectivity index (χ4n) is 4.79. The van der Waals surface area contributed by atoms with Crippen molar-refractivity contribution in [3.05, 3.63) is 71.4 Å². The molecule has 4 aromatic rings. The summed E-state index contributed by atoms with van der Waals surface area (Å²) in [4.78, 5) is 22.9. The summed E-state index contributed by atoms with van der Waals surface area (Å²) in [5.41, 5.74) is 5.72. The molecule has 33 heavy (non-hydrogen) atoms. The van der Waals surface area contributed by atoms with Crippen molar-refractivity contribution in [1.29, 1.82) is 0 Å². The van der Waals surface area contributed by atoms with E-state index in [1.807, 2.05) is 41.3 Å². The van der Waals surface area contributed by atoms with Crippen molar-refractivity contribution in [2.24, 2.45) is 0 Å². The number of ether oxygens (including phenoxy) is 1. The first-order chi connectivity index (χ1) is 16.2. The maximum absolute atomic E-state index is 13.1. The summed E-state index contributed by atoms with van der Waals surface area (Å²) >= 11 is 6.52. The number of hydrogen-bond acceptors (Lipinski definition) is 4. The van der Waals surface area contributed by atoms with Crippen molar-refractivity contribution in [1.82, 2.24) is 20.2 Å². The SMILES string of the molecule is O=C([C@H]1Cc2cc(Cl)cc(-c3ccnc4[nH]c(-c5ccccc5)cc34)c2O1)N1CCNCC1. The van der Waals surface area contributed by atoms with Gasteiger partial charge in [0, 0.05) is 66.0 Å². The molecule has 2 aliphatic rings. The number of rotatable bonds is 3. The van der Waals surface area contributed by atoms with Crippen LogP contribution in [0.5, 0.6) is 5.75 Å². The Morgan fingerprint density at radius 3 is 2.70 bits per heavy atom. The average Bonchev–Trinajstić information content (AvgIpc) is 3.48. The third kappa shape index (κ3) is 3.65. The van der Waals surface area contributed by atoms with Gasteiger partial charge in [-0.3, -0.25) is 4.79 Å². The highest BCUT2D eigenvalue weighted by molar-refractivity contribution is 6.31. The number of pyridine rings is 1. The van der Waals surface area contributed by atoms with Crippen LogP contribution in [0.15, 0.2) is 60.8 Å². The summed E-state index contributed by atoms with van der Waals surface area (Å²) in [6.07, 6.45) is 1.80. The Balaban J connectivity index is 1.40. The van der Waals surface area contributed by atoms with Crippen molar-refractivity contribution < 1.29 is 9.53 Å². The van der Waals surface area contributed by atoms with Gasteiger partial charge in [-0.1, -0.05) is 41.9 Å². The van der Waals surface area contributed by atoms with Crippen LogP contribution < -0.4 is 10.1 Å². The Kier molecular flexibility index (Phi) is 5.04. The highest BCUT2D eigenvalue weighted by Gasteiger charge is 2.35. The van der Waals surface area contributed by atoms with Gasteiger partial charge in [0.15, 0.2) is 6.10 Å². The van der Waals surface area contributed by atoms with Gasteiger partial charge >= 0.3 is 0 Å². The van der Waals surface area contributed by atoms with E-state index in [0.29, 0.717) is 24.5 Å². The summed E-state index contributed by atoms with van der Waals surface area (Å²) in [5, 5.41) is 4.90. The van der Waals surface area contributed by atoms with Crippen molar-refractivity contribution in [2.45, 2.75) is 12.5 Å². The van der Waals surface area contributed by atoms with Crippen LogP contribution in [0.25, 0.3) is 33.4 Å². The lowest BCUT2D eigenvalue weighted by Gasteiger charge is -2.29. The van der Waals surface area contributed by atoms with Crippen LogP contribution in [0.3, 0.4) is 0 Å². The lowest BCUT2D eigenvalue weighted by atomic mass is 9.98. The fourth-order valence-corrected chi connectivity index (χ4v) is 5.03. The van der Waals surface area contributed by atoms with Crippen LogP contribution in [-0.2, 0) is 11.2 Å². The number of benzene rings is 2. The topological polar surface area (TPSA) is 70.2 Å². The molecule has 6 nitrogen and oxygen atoms in total. The normalized spacial score (nSPS) is 17.7. The predicted molar refractivity (Wildman–Crippen MR) is 130 cm³/mol. The van der Waals surface area contributed by atoms with Gasteiger partial charge < -0.3 is 19.9 Å². The molecular weight excluding hydrogens is 436 g/mol. The van der Waals surface area contributed by atoms with Gasteiger partial charge in [0.25, 0.3) is 5.91 Å². The summed E-state index contributed by atoms with van der Waals surface area (Å²) in [6, 6.07) is 18.1. The van der Waals surface area contributed by atoms with Crippen LogP contribution in [0.2, 0.25) is 5.02 Å². The molecule has 2 aliphatic heterocycles. The second kappa shape index (κ2) is 8.21. The minimum absolute atomic E-state index is 0.0441. The molecule has 1 fully saturated rings. The van der Waals surface area contributed by atoms with Gasteiger partial charge in [-0.2, -0.15) is 0 Å². The molecule has 0 bridgehead atoms. The number of carbonyl (C=O) groups is 1. The van der Waals surface area contributed by atoms with Crippen molar-refractivity contribution >= 4 is 28.5 Å². The third-order valence-corrected chi connectivity index (χ3v) is 6.63. The number of aromatic amines is 1. The van der Waals surface area contributed by atoms with Crippen LogP contribution >= 0.6 is 11.6 Å². The number of nitrogens with one attached hydrogen (secondary N) is 2. The largest absolute Gasteiger partial charge is 0.479 e. The molecular formula is C26H23ClN4O2. The molecule has 1 saturated heterocycles. The molecule has 7 heteroatoms. The zero-order valence-electron chi connectivity index (χ0n) is 18.0. The number of nitrogens with zero attached hydrogens (tertiary/aromatic N) is 2. The van der Waals surface area contributed by atoms with E-state index in [1.54, 1.807) is 6.20 Å². The molecule has 2 aromatic heterocycles. The third-order valence-electron chi connectivity index (χ3n) is 6.41. The highest BCUT2D eigenvalue weighted by Crippen LogP contribution is 2.43. The van der Waals surface area contributed by atoms with Crippen LogP contribution in [0, 0.1) is 0 Å². The lowest BCUT2D eigenvalue weighted by Crippen LogP contribution is -2.50. The molecule has 0 radical (unpaired) electrons. The smallest absolute Gasteiger partial charge is 0.264 e. The number of halogens is 1. The van der Waals surface area contributed by atoms with Crippen molar-refractivity contribution in [3.63, 3.8) is 0 Å². The second-order valence-corrected chi connectivity index (χ2v) is 8.93. The Hall–Kier alpha value is -3.35. The average molecular weight is 459 g/mol. The van der Waals surface area contributed by atoms with E-state index in [9.17, 15) is 4.79 Å². The molecule has 166 valence electrons. The van der Waals surface area contributed by atoms with E-state index in [2.05, 4.69) is 33.5 Å². The first kappa shape index (κ1) is 20.3. The second-order valence-electron chi connectivity index (χ2n) is 8.50. The van der Waals surface area contributed by atoms with Crippen LogP contribution in [0.1, 0.15) is 5.56 Å². The summed E-state index contributed by atoms with van der Waals surface area (Å²) < 4.78 is 6.30. The highest BCUT2D eigenvalue weighted by atomic mass is 35.5. The van der Waals surface area contributed by atoms with E-state index >= 15 is 0 Å². The molecule has 0 aliphatic carbocycles. The summed E-state index contributed by atoms with van der Waals surface area (Å²) in [6.45, 7) is 3.04. The lowest BCUT2D eigenvalue weighted by molar-refractivity contribution is -0.138. The van der Waals surface area contributed by atoms with Crippen LogP contribution in [-0.4, -0.2) is 53.1 Å². The molecule has 1 atom stereocenters. The van der Waals surface area contributed by atoms with Gasteiger partial charge in [-0.15, -0.1) is 0 Å².